The van der Waals surface area contributed by atoms with Gasteiger partial charge in [-0.25, -0.2) is 4.39 Å². The number of hydrogen-bond acceptors (Lipinski definition) is 2. The maximum Gasteiger partial charge on any atom is 0.252 e. The van der Waals surface area contributed by atoms with E-state index in [4.69, 9.17) is 0 Å². The number of carbonyl (C=O) groups excluding carboxylic acids is 1. The molecule has 1 amide bonds. The Labute approximate surface area is 132 Å². The Kier molecular flexibility index (Phi) is 7.02. The van der Waals surface area contributed by atoms with Crippen molar-refractivity contribution < 1.29 is 9.18 Å². The molecule has 1 fully saturated rings. The summed E-state index contributed by atoms with van der Waals surface area (Å²) in [6.07, 6.45) is 2.18. The maximum absolute atomic E-state index is 12.9. The summed E-state index contributed by atoms with van der Waals surface area (Å²) in [5.74, 6) is 0.232. The van der Waals surface area contributed by atoms with E-state index in [1.807, 2.05) is 22.6 Å². The Morgan fingerprint density at radius 2 is 2.32 bits per heavy atom. The second-order valence-electron chi connectivity index (χ2n) is 4.53. The molecule has 2 N–H and O–H groups in total. The molecule has 0 saturated carbocycles. The fourth-order valence-electron chi connectivity index (χ4n) is 2.12. The van der Waals surface area contributed by atoms with Gasteiger partial charge in [0.2, 0.25) is 0 Å². The summed E-state index contributed by atoms with van der Waals surface area (Å²) in [4.78, 5) is 11.9. The second-order valence-corrected chi connectivity index (χ2v) is 5.69. The molecule has 0 spiro atoms. The molecule has 1 heterocycles. The van der Waals surface area contributed by atoms with Crippen molar-refractivity contribution in [2.24, 2.45) is 5.92 Å². The van der Waals surface area contributed by atoms with Gasteiger partial charge in [0.05, 0.1) is 5.56 Å². The van der Waals surface area contributed by atoms with E-state index in [-0.39, 0.29) is 24.1 Å². The van der Waals surface area contributed by atoms with E-state index in [0.29, 0.717) is 21.6 Å². The van der Waals surface area contributed by atoms with Crippen LogP contribution < -0.4 is 10.6 Å². The smallest absolute Gasteiger partial charge is 0.252 e. The summed E-state index contributed by atoms with van der Waals surface area (Å²) < 4.78 is 13.6. The van der Waals surface area contributed by atoms with E-state index in [1.165, 1.54) is 24.6 Å². The van der Waals surface area contributed by atoms with Gasteiger partial charge in [-0.1, -0.05) is 0 Å². The standard InChI is InChI=1S/C13H16FIN2O.ClH/c14-10-1-2-11(12(15)7-10)13(18)17-6-4-9-3-5-16-8-9;/h1-2,7,9,16H,3-6,8H2,(H,17,18);1H. The van der Waals surface area contributed by atoms with Crippen LogP contribution in [0, 0.1) is 15.3 Å². The summed E-state index contributed by atoms with van der Waals surface area (Å²) in [5.41, 5.74) is 0.543. The van der Waals surface area contributed by atoms with Gasteiger partial charge < -0.3 is 10.6 Å². The zero-order valence-corrected chi connectivity index (χ0v) is 13.4. The van der Waals surface area contributed by atoms with Gasteiger partial charge in [0.15, 0.2) is 0 Å². The highest BCUT2D eigenvalue weighted by Crippen LogP contribution is 2.14. The molecular formula is C13H17ClFIN2O. The summed E-state index contributed by atoms with van der Waals surface area (Å²) in [5, 5.41) is 6.19. The van der Waals surface area contributed by atoms with Gasteiger partial charge in [-0.3, -0.25) is 4.79 Å². The Hall–Kier alpha value is -0.400. The summed E-state index contributed by atoms with van der Waals surface area (Å²) in [6, 6.07) is 4.22. The fraction of sp³-hybridized carbons (Fsp3) is 0.462. The lowest BCUT2D eigenvalue weighted by molar-refractivity contribution is 0.0950. The molecule has 1 saturated heterocycles. The Balaban J connectivity index is 0.00000180. The van der Waals surface area contributed by atoms with Gasteiger partial charge in [-0.05, 0) is 72.6 Å². The normalized spacial score (nSPS) is 17.9. The Morgan fingerprint density at radius 3 is 2.95 bits per heavy atom. The topological polar surface area (TPSA) is 41.1 Å². The van der Waals surface area contributed by atoms with Crippen LogP contribution in [0.5, 0.6) is 0 Å². The first-order chi connectivity index (χ1) is 8.66. The number of benzene rings is 1. The van der Waals surface area contributed by atoms with Gasteiger partial charge >= 0.3 is 0 Å². The van der Waals surface area contributed by atoms with E-state index in [9.17, 15) is 9.18 Å². The average molecular weight is 399 g/mol. The third kappa shape index (κ3) is 4.89. The molecule has 2 rings (SSSR count). The van der Waals surface area contributed by atoms with Gasteiger partial charge in [-0.15, -0.1) is 12.4 Å². The average Bonchev–Trinajstić information content (AvgIpc) is 2.81. The monoisotopic (exact) mass is 398 g/mol. The maximum atomic E-state index is 12.9. The molecule has 0 radical (unpaired) electrons. The van der Waals surface area contributed by atoms with Crippen LogP contribution in [-0.2, 0) is 0 Å². The third-order valence-electron chi connectivity index (χ3n) is 3.18. The van der Waals surface area contributed by atoms with Gasteiger partial charge in [0.25, 0.3) is 5.91 Å². The van der Waals surface area contributed by atoms with Crippen molar-refractivity contribution in [1.82, 2.24) is 10.6 Å². The molecule has 0 bridgehead atoms. The Bertz CT molecular complexity index is 439. The molecule has 1 aromatic rings. The molecule has 1 aliphatic rings. The van der Waals surface area contributed by atoms with Crippen LogP contribution in [0.1, 0.15) is 23.2 Å². The molecule has 6 heteroatoms. The van der Waals surface area contributed by atoms with Gasteiger partial charge in [0.1, 0.15) is 5.82 Å². The molecule has 1 aromatic carbocycles. The van der Waals surface area contributed by atoms with Crippen LogP contribution in [0.2, 0.25) is 0 Å². The predicted molar refractivity (Wildman–Crippen MR) is 84.3 cm³/mol. The summed E-state index contributed by atoms with van der Waals surface area (Å²) in [7, 11) is 0. The largest absolute Gasteiger partial charge is 0.352 e. The van der Waals surface area contributed by atoms with Crippen LogP contribution in [0.4, 0.5) is 4.39 Å². The lowest BCUT2D eigenvalue weighted by Crippen LogP contribution is -2.27. The molecular weight excluding hydrogens is 382 g/mol. The highest BCUT2D eigenvalue weighted by atomic mass is 127. The molecule has 1 unspecified atom stereocenters. The van der Waals surface area contributed by atoms with E-state index < -0.39 is 0 Å². The number of hydrogen-bond donors (Lipinski definition) is 2. The fourth-order valence-corrected chi connectivity index (χ4v) is 2.84. The number of rotatable bonds is 4. The first kappa shape index (κ1) is 16.7. The van der Waals surface area contributed by atoms with E-state index >= 15 is 0 Å². The lowest BCUT2D eigenvalue weighted by Gasteiger charge is -2.10. The first-order valence-electron chi connectivity index (χ1n) is 6.11. The van der Waals surface area contributed by atoms with Crippen LogP contribution >= 0.6 is 35.0 Å². The number of nitrogens with one attached hydrogen (secondary N) is 2. The van der Waals surface area contributed by atoms with Crippen molar-refractivity contribution in [2.75, 3.05) is 19.6 Å². The Morgan fingerprint density at radius 1 is 1.53 bits per heavy atom. The molecule has 0 aliphatic carbocycles. The molecule has 1 aliphatic heterocycles. The van der Waals surface area contributed by atoms with Crippen LogP contribution in [0.25, 0.3) is 0 Å². The minimum absolute atomic E-state index is 0. The van der Waals surface area contributed by atoms with Crippen molar-refractivity contribution in [1.29, 1.82) is 0 Å². The lowest BCUT2D eigenvalue weighted by atomic mass is 10.1. The minimum atomic E-state index is -0.312. The number of amides is 1. The first-order valence-corrected chi connectivity index (χ1v) is 7.18. The highest BCUT2D eigenvalue weighted by molar-refractivity contribution is 14.1. The highest BCUT2D eigenvalue weighted by Gasteiger charge is 2.15. The van der Waals surface area contributed by atoms with Crippen LogP contribution in [-0.4, -0.2) is 25.5 Å². The zero-order chi connectivity index (χ0) is 13.0. The molecule has 3 nitrogen and oxygen atoms in total. The zero-order valence-electron chi connectivity index (χ0n) is 10.4. The predicted octanol–water partition coefficient (Wildman–Crippen LogP) is 2.58. The molecule has 106 valence electrons. The van der Waals surface area contributed by atoms with Gasteiger partial charge in [-0.2, -0.15) is 0 Å². The van der Waals surface area contributed by atoms with E-state index in [2.05, 4.69) is 10.6 Å². The number of carbonyl (C=O) groups is 1. The van der Waals surface area contributed by atoms with Crippen LogP contribution in [0.3, 0.4) is 0 Å². The van der Waals surface area contributed by atoms with Crippen LogP contribution in [0.15, 0.2) is 18.2 Å². The third-order valence-corrected chi connectivity index (χ3v) is 4.07. The van der Waals surface area contributed by atoms with E-state index in [1.54, 1.807) is 0 Å². The van der Waals surface area contributed by atoms with Crippen molar-refractivity contribution in [3.8, 4) is 0 Å². The van der Waals surface area contributed by atoms with Crippen molar-refractivity contribution in [2.45, 2.75) is 12.8 Å². The minimum Gasteiger partial charge on any atom is -0.352 e. The van der Waals surface area contributed by atoms with Crippen molar-refractivity contribution in [3.05, 3.63) is 33.1 Å². The molecule has 0 aromatic heterocycles. The van der Waals surface area contributed by atoms with Crippen molar-refractivity contribution >= 4 is 40.9 Å². The SMILES string of the molecule is Cl.O=C(NCCC1CCNC1)c1ccc(F)cc1I. The molecule has 19 heavy (non-hydrogen) atoms. The summed E-state index contributed by atoms with van der Waals surface area (Å²) in [6.45, 7) is 2.80. The van der Waals surface area contributed by atoms with Crippen molar-refractivity contribution in [3.63, 3.8) is 0 Å². The molecule has 1 atom stereocenters. The number of halogens is 3. The van der Waals surface area contributed by atoms with Gasteiger partial charge in [0, 0.05) is 10.1 Å². The van der Waals surface area contributed by atoms with E-state index in [0.717, 1.165) is 19.5 Å². The second kappa shape index (κ2) is 8.01. The summed E-state index contributed by atoms with van der Waals surface area (Å²) >= 11 is 1.98. The quantitative estimate of drug-likeness (QED) is 0.766.